The summed E-state index contributed by atoms with van der Waals surface area (Å²) in [6, 6.07) is 11.5. The van der Waals surface area contributed by atoms with Gasteiger partial charge in [0, 0.05) is 10.2 Å². The van der Waals surface area contributed by atoms with Crippen molar-refractivity contribution in [1.29, 1.82) is 0 Å². The van der Waals surface area contributed by atoms with Gasteiger partial charge in [-0.3, -0.25) is 0 Å². The molecule has 0 saturated carbocycles. The topological polar surface area (TPSA) is 24.1 Å². The summed E-state index contributed by atoms with van der Waals surface area (Å²) in [7, 11) is 0. The molecule has 2 rings (SSSR count). The van der Waals surface area contributed by atoms with E-state index in [2.05, 4.69) is 26.6 Å². The molecule has 0 radical (unpaired) electrons. The Bertz CT molecular complexity index is 621. The van der Waals surface area contributed by atoms with Crippen LogP contribution in [0.1, 0.15) is 0 Å². The minimum Gasteiger partial charge on any atom is -0.332 e. The molecule has 0 saturated heterocycles. The maximum Gasteiger partial charge on any atom is 0.175 e. The first-order chi connectivity index (χ1) is 9.04. The van der Waals surface area contributed by atoms with Crippen molar-refractivity contribution in [2.75, 3.05) is 10.6 Å². The van der Waals surface area contributed by atoms with Crippen LogP contribution in [0.3, 0.4) is 0 Å². The smallest absolute Gasteiger partial charge is 0.175 e. The van der Waals surface area contributed by atoms with E-state index in [4.69, 9.17) is 23.8 Å². The van der Waals surface area contributed by atoms with Crippen LogP contribution in [0.4, 0.5) is 15.8 Å². The van der Waals surface area contributed by atoms with E-state index in [1.54, 1.807) is 24.3 Å². The molecule has 0 aliphatic rings. The molecule has 0 fully saturated rings. The fourth-order valence-electron chi connectivity index (χ4n) is 1.44. The average Bonchev–Trinajstić information content (AvgIpc) is 2.33. The average molecular weight is 360 g/mol. The largest absolute Gasteiger partial charge is 0.332 e. The van der Waals surface area contributed by atoms with E-state index in [-0.39, 0.29) is 5.82 Å². The van der Waals surface area contributed by atoms with Crippen molar-refractivity contribution in [3.8, 4) is 0 Å². The van der Waals surface area contributed by atoms with Crippen LogP contribution in [-0.4, -0.2) is 5.11 Å². The van der Waals surface area contributed by atoms with Crippen LogP contribution in [0.25, 0.3) is 0 Å². The molecule has 0 amide bonds. The minimum absolute atomic E-state index is 0.325. The molecule has 2 aromatic rings. The standard InChI is InChI=1S/C13H9BrClFN2S/c14-8-4-5-12(11(15)6-8)18-13(19)17-10-3-1-2-9(16)7-10/h1-7H,(H2,17,18,19). The Morgan fingerprint density at radius 2 is 1.95 bits per heavy atom. The van der Waals surface area contributed by atoms with Crippen molar-refractivity contribution in [2.24, 2.45) is 0 Å². The SMILES string of the molecule is Fc1cccc(NC(=S)Nc2ccc(Br)cc2Cl)c1. The minimum atomic E-state index is -0.325. The summed E-state index contributed by atoms with van der Waals surface area (Å²) in [5.74, 6) is -0.325. The number of thiocarbonyl (C=S) groups is 1. The highest BCUT2D eigenvalue weighted by molar-refractivity contribution is 9.10. The van der Waals surface area contributed by atoms with Gasteiger partial charge >= 0.3 is 0 Å². The molecule has 0 aromatic heterocycles. The van der Waals surface area contributed by atoms with Crippen LogP contribution >= 0.6 is 39.7 Å². The van der Waals surface area contributed by atoms with E-state index in [1.165, 1.54) is 12.1 Å². The number of benzene rings is 2. The molecular weight excluding hydrogens is 351 g/mol. The van der Waals surface area contributed by atoms with E-state index in [0.717, 1.165) is 4.47 Å². The second kappa shape index (κ2) is 6.32. The summed E-state index contributed by atoms with van der Waals surface area (Å²) in [6.45, 7) is 0. The Hall–Kier alpha value is -1.17. The molecule has 98 valence electrons. The highest BCUT2D eigenvalue weighted by Crippen LogP contribution is 2.25. The highest BCUT2D eigenvalue weighted by Gasteiger charge is 2.04. The Morgan fingerprint density at radius 1 is 1.16 bits per heavy atom. The Balaban J connectivity index is 2.05. The van der Waals surface area contributed by atoms with E-state index in [1.807, 2.05) is 6.07 Å². The molecule has 6 heteroatoms. The van der Waals surface area contributed by atoms with E-state index in [0.29, 0.717) is 21.5 Å². The van der Waals surface area contributed by atoms with Gasteiger partial charge in [0.15, 0.2) is 5.11 Å². The van der Waals surface area contributed by atoms with E-state index in [9.17, 15) is 4.39 Å². The number of anilines is 2. The van der Waals surface area contributed by atoms with Gasteiger partial charge in [-0.1, -0.05) is 33.6 Å². The van der Waals surface area contributed by atoms with Crippen molar-refractivity contribution in [2.45, 2.75) is 0 Å². The van der Waals surface area contributed by atoms with Gasteiger partial charge in [-0.05, 0) is 48.6 Å². The molecule has 0 spiro atoms. The van der Waals surface area contributed by atoms with Gasteiger partial charge in [0.25, 0.3) is 0 Å². The van der Waals surface area contributed by atoms with Crippen LogP contribution in [0.2, 0.25) is 5.02 Å². The number of halogens is 3. The molecule has 0 unspecified atom stereocenters. The maximum absolute atomic E-state index is 13.0. The Labute approximate surface area is 129 Å². The molecule has 0 heterocycles. The molecule has 2 nitrogen and oxygen atoms in total. The fraction of sp³-hybridized carbons (Fsp3) is 0. The van der Waals surface area contributed by atoms with Gasteiger partial charge in [-0.25, -0.2) is 4.39 Å². The monoisotopic (exact) mass is 358 g/mol. The first-order valence-electron chi connectivity index (χ1n) is 5.33. The Morgan fingerprint density at radius 3 is 2.63 bits per heavy atom. The fourth-order valence-corrected chi connectivity index (χ4v) is 2.39. The lowest BCUT2D eigenvalue weighted by molar-refractivity contribution is 0.628. The highest BCUT2D eigenvalue weighted by atomic mass is 79.9. The van der Waals surface area contributed by atoms with Crippen LogP contribution in [-0.2, 0) is 0 Å². The molecule has 2 aromatic carbocycles. The summed E-state index contributed by atoms with van der Waals surface area (Å²) < 4.78 is 13.9. The second-order valence-corrected chi connectivity index (χ2v) is 5.44. The van der Waals surface area contributed by atoms with Crippen molar-refractivity contribution in [3.05, 3.63) is 57.8 Å². The van der Waals surface area contributed by atoms with Crippen LogP contribution in [0.5, 0.6) is 0 Å². The third-order valence-corrected chi connectivity index (χ3v) is 3.27. The van der Waals surface area contributed by atoms with E-state index >= 15 is 0 Å². The van der Waals surface area contributed by atoms with Crippen molar-refractivity contribution in [1.82, 2.24) is 0 Å². The van der Waals surface area contributed by atoms with Crippen molar-refractivity contribution >= 4 is 56.2 Å². The molecule has 0 aliphatic carbocycles. The molecule has 19 heavy (non-hydrogen) atoms. The molecule has 0 bridgehead atoms. The van der Waals surface area contributed by atoms with Crippen LogP contribution in [0.15, 0.2) is 46.9 Å². The first-order valence-corrected chi connectivity index (χ1v) is 6.91. The zero-order chi connectivity index (χ0) is 13.8. The molecule has 0 atom stereocenters. The quantitative estimate of drug-likeness (QED) is 0.734. The molecule has 0 aliphatic heterocycles. The zero-order valence-electron chi connectivity index (χ0n) is 9.58. The van der Waals surface area contributed by atoms with Crippen molar-refractivity contribution < 1.29 is 4.39 Å². The van der Waals surface area contributed by atoms with Gasteiger partial charge in [-0.2, -0.15) is 0 Å². The second-order valence-electron chi connectivity index (χ2n) is 3.71. The van der Waals surface area contributed by atoms with Crippen LogP contribution < -0.4 is 10.6 Å². The predicted octanol–water partition coefficient (Wildman–Crippen LogP) is 5.05. The lowest BCUT2D eigenvalue weighted by Crippen LogP contribution is -2.19. The summed E-state index contributed by atoms with van der Waals surface area (Å²) in [5.41, 5.74) is 1.25. The lowest BCUT2D eigenvalue weighted by atomic mass is 10.3. The van der Waals surface area contributed by atoms with Gasteiger partial charge in [0.1, 0.15) is 5.82 Å². The summed E-state index contributed by atoms with van der Waals surface area (Å²) in [5, 5.41) is 6.72. The third kappa shape index (κ3) is 4.16. The number of hydrogen-bond acceptors (Lipinski definition) is 1. The molecular formula is C13H9BrClFN2S. The summed E-state index contributed by atoms with van der Waals surface area (Å²) in [4.78, 5) is 0. The normalized spacial score (nSPS) is 10.1. The zero-order valence-corrected chi connectivity index (χ0v) is 12.7. The number of hydrogen-bond donors (Lipinski definition) is 2. The van der Waals surface area contributed by atoms with E-state index < -0.39 is 0 Å². The third-order valence-electron chi connectivity index (χ3n) is 2.26. The Kier molecular flexibility index (Phi) is 4.74. The summed E-state index contributed by atoms with van der Waals surface area (Å²) in [6.07, 6.45) is 0. The van der Waals surface area contributed by atoms with Gasteiger partial charge < -0.3 is 10.6 Å². The van der Waals surface area contributed by atoms with Gasteiger partial charge in [0.05, 0.1) is 10.7 Å². The van der Waals surface area contributed by atoms with Gasteiger partial charge in [0.2, 0.25) is 0 Å². The van der Waals surface area contributed by atoms with Crippen molar-refractivity contribution in [3.63, 3.8) is 0 Å². The lowest BCUT2D eigenvalue weighted by Gasteiger charge is -2.12. The number of rotatable bonds is 2. The predicted molar refractivity (Wildman–Crippen MR) is 85.4 cm³/mol. The summed E-state index contributed by atoms with van der Waals surface area (Å²) >= 11 is 14.5. The number of nitrogens with one attached hydrogen (secondary N) is 2. The maximum atomic E-state index is 13.0. The van der Waals surface area contributed by atoms with Crippen LogP contribution in [0, 0.1) is 5.82 Å². The first kappa shape index (κ1) is 14.2. The van der Waals surface area contributed by atoms with Gasteiger partial charge in [-0.15, -0.1) is 0 Å². The molecule has 2 N–H and O–H groups in total.